The molecule has 1 heterocycles. The second kappa shape index (κ2) is 11.5. The average molecular weight is 525 g/mol. The fourth-order valence-corrected chi connectivity index (χ4v) is 6.48. The molecule has 0 N–H and O–H groups in total. The van der Waals surface area contributed by atoms with Crippen molar-refractivity contribution in [2.24, 2.45) is 5.92 Å². The normalized spacial score (nSPS) is 18.1. The topological polar surface area (TPSA) is 105 Å². The smallest absolute Gasteiger partial charge is 0.306 e. The number of carbonyl (C=O) groups excluding carboxylic acids is 2. The van der Waals surface area contributed by atoms with E-state index in [0.29, 0.717) is 23.7 Å². The summed E-state index contributed by atoms with van der Waals surface area (Å²) in [6.45, 7) is 1.31. The largest absolute Gasteiger partial charge is 0.493 e. The van der Waals surface area contributed by atoms with Crippen LogP contribution < -0.4 is 9.47 Å². The third kappa shape index (κ3) is 6.11. The van der Waals surface area contributed by atoms with Crippen LogP contribution in [-0.4, -0.2) is 40.2 Å². The van der Waals surface area contributed by atoms with Gasteiger partial charge in [-0.1, -0.05) is 54.6 Å². The van der Waals surface area contributed by atoms with E-state index < -0.39 is 39.0 Å². The number of methoxy groups -OCH3 is 1. The highest BCUT2D eigenvalue weighted by Crippen LogP contribution is 2.44. The monoisotopic (exact) mass is 524 g/mol. The number of rotatable bonds is 10. The second-order valence-corrected chi connectivity index (χ2v) is 10.7. The number of hydrogen-bond acceptors (Lipinski definition) is 8. The summed E-state index contributed by atoms with van der Waals surface area (Å²) in [6, 6.07) is 22.5. The molecule has 0 saturated carbocycles. The summed E-state index contributed by atoms with van der Waals surface area (Å²) in [6.07, 6.45) is -1.06. The van der Waals surface area contributed by atoms with E-state index in [9.17, 15) is 18.0 Å². The third-order valence-electron chi connectivity index (χ3n) is 6.16. The number of sulfone groups is 1. The molecule has 3 aromatic carbocycles. The highest BCUT2D eigenvalue weighted by molar-refractivity contribution is 7.91. The van der Waals surface area contributed by atoms with Gasteiger partial charge in [0.1, 0.15) is 19.3 Å². The highest BCUT2D eigenvalue weighted by Gasteiger charge is 2.47. The molecule has 0 aromatic heterocycles. The Morgan fingerprint density at radius 1 is 1.00 bits per heavy atom. The van der Waals surface area contributed by atoms with Crippen LogP contribution in [0.4, 0.5) is 0 Å². The minimum atomic E-state index is -3.99. The van der Waals surface area contributed by atoms with Gasteiger partial charge in [0.25, 0.3) is 0 Å². The van der Waals surface area contributed by atoms with Crippen molar-refractivity contribution in [2.75, 3.05) is 13.7 Å². The molecule has 3 atom stereocenters. The quantitative estimate of drug-likeness (QED) is 0.362. The van der Waals surface area contributed by atoms with Gasteiger partial charge in [0.15, 0.2) is 21.3 Å². The van der Waals surface area contributed by atoms with Crippen molar-refractivity contribution in [2.45, 2.75) is 36.2 Å². The Morgan fingerprint density at radius 3 is 2.32 bits per heavy atom. The maximum Gasteiger partial charge on any atom is 0.306 e. The lowest BCUT2D eigenvalue weighted by Crippen LogP contribution is -2.32. The molecule has 8 nitrogen and oxygen atoms in total. The van der Waals surface area contributed by atoms with Crippen LogP contribution in [0.3, 0.4) is 0 Å². The van der Waals surface area contributed by atoms with Crippen molar-refractivity contribution in [3.63, 3.8) is 0 Å². The van der Waals surface area contributed by atoms with E-state index in [0.717, 1.165) is 5.56 Å². The molecule has 1 fully saturated rings. The summed E-state index contributed by atoms with van der Waals surface area (Å²) < 4.78 is 49.9. The van der Waals surface area contributed by atoms with Crippen LogP contribution in [-0.2, 0) is 35.5 Å². The first-order valence-corrected chi connectivity index (χ1v) is 13.3. The molecule has 1 aliphatic rings. The molecular weight excluding hydrogens is 496 g/mol. The molecule has 3 aromatic rings. The molecule has 9 heteroatoms. The first-order chi connectivity index (χ1) is 17.8. The van der Waals surface area contributed by atoms with Crippen LogP contribution in [0.25, 0.3) is 0 Å². The van der Waals surface area contributed by atoms with Crippen LogP contribution in [0, 0.1) is 5.92 Å². The van der Waals surface area contributed by atoms with Crippen molar-refractivity contribution in [1.29, 1.82) is 0 Å². The molecule has 1 saturated heterocycles. The third-order valence-corrected chi connectivity index (χ3v) is 8.38. The average Bonchev–Trinajstić information content (AvgIpc) is 3.27. The summed E-state index contributed by atoms with van der Waals surface area (Å²) >= 11 is 0. The van der Waals surface area contributed by atoms with Gasteiger partial charge in [-0.3, -0.25) is 9.59 Å². The van der Waals surface area contributed by atoms with Gasteiger partial charge < -0.3 is 18.9 Å². The molecule has 194 valence electrons. The number of hydrogen-bond donors (Lipinski definition) is 0. The van der Waals surface area contributed by atoms with Crippen LogP contribution in [0.15, 0.2) is 83.8 Å². The van der Waals surface area contributed by atoms with E-state index in [-0.39, 0.29) is 17.9 Å². The predicted molar refractivity (Wildman–Crippen MR) is 135 cm³/mol. The summed E-state index contributed by atoms with van der Waals surface area (Å²) in [7, 11) is -2.52. The van der Waals surface area contributed by atoms with Crippen LogP contribution in [0.5, 0.6) is 11.5 Å². The zero-order chi connectivity index (χ0) is 26.4. The highest BCUT2D eigenvalue weighted by atomic mass is 32.2. The maximum atomic E-state index is 14.0. The summed E-state index contributed by atoms with van der Waals surface area (Å²) in [5.41, 5.74) is 1.37. The van der Waals surface area contributed by atoms with Crippen LogP contribution >= 0.6 is 0 Å². The molecule has 0 aliphatic carbocycles. The Kier molecular flexibility index (Phi) is 8.13. The Hall–Kier alpha value is -3.85. The van der Waals surface area contributed by atoms with Gasteiger partial charge in [-0.15, -0.1) is 0 Å². The maximum absolute atomic E-state index is 14.0. The number of esters is 2. The van der Waals surface area contributed by atoms with E-state index >= 15 is 0 Å². The van der Waals surface area contributed by atoms with Crippen molar-refractivity contribution in [1.82, 2.24) is 0 Å². The molecule has 0 amide bonds. The SMILES string of the molecule is COc1cc([C@H]([C@@H]2CC(=O)O[C@@H]2COC(C)=O)S(=O)(=O)c2ccccc2)ccc1OCc1ccccc1. The van der Waals surface area contributed by atoms with E-state index in [1.165, 1.54) is 26.2 Å². The number of benzene rings is 3. The zero-order valence-corrected chi connectivity index (χ0v) is 21.3. The Balaban J connectivity index is 1.73. The number of carbonyl (C=O) groups is 2. The fraction of sp³-hybridized carbons (Fsp3) is 0.286. The van der Waals surface area contributed by atoms with E-state index in [4.69, 9.17) is 18.9 Å². The molecule has 0 unspecified atom stereocenters. The van der Waals surface area contributed by atoms with Gasteiger partial charge in [0, 0.05) is 12.8 Å². The minimum Gasteiger partial charge on any atom is -0.493 e. The fourth-order valence-electron chi connectivity index (χ4n) is 4.42. The molecule has 4 rings (SSSR count). The summed E-state index contributed by atoms with van der Waals surface area (Å²) in [4.78, 5) is 23.8. The Bertz CT molecular complexity index is 1340. The van der Waals surface area contributed by atoms with E-state index in [2.05, 4.69) is 0 Å². The van der Waals surface area contributed by atoms with E-state index in [1.807, 2.05) is 30.3 Å². The Labute approximate surface area is 216 Å². The van der Waals surface area contributed by atoms with Gasteiger partial charge in [-0.2, -0.15) is 0 Å². The van der Waals surface area contributed by atoms with E-state index in [1.54, 1.807) is 36.4 Å². The van der Waals surface area contributed by atoms with Gasteiger partial charge in [0.05, 0.1) is 23.7 Å². The summed E-state index contributed by atoms with van der Waals surface area (Å²) in [5, 5.41) is -1.17. The molecule has 0 bridgehead atoms. The molecule has 37 heavy (non-hydrogen) atoms. The lowest BCUT2D eigenvalue weighted by Gasteiger charge is -2.27. The number of ether oxygens (including phenoxy) is 4. The molecule has 1 aliphatic heterocycles. The molecule has 0 spiro atoms. The van der Waals surface area contributed by atoms with Gasteiger partial charge in [-0.05, 0) is 35.4 Å². The molecule has 0 radical (unpaired) electrons. The van der Waals surface area contributed by atoms with Crippen molar-refractivity contribution >= 4 is 21.8 Å². The lowest BCUT2D eigenvalue weighted by atomic mass is 9.92. The van der Waals surface area contributed by atoms with Crippen molar-refractivity contribution < 1.29 is 37.0 Å². The second-order valence-electron chi connectivity index (χ2n) is 8.66. The summed E-state index contributed by atoms with van der Waals surface area (Å²) in [5.74, 6) is -1.10. The standard InChI is InChI=1S/C28H28O8S/c1-19(29)34-18-26-23(16-27(30)36-26)28(37(31,32)22-11-7-4-8-12-22)21-13-14-24(25(15-21)33-2)35-17-20-9-5-3-6-10-20/h3-15,23,26,28H,16-18H2,1-2H3/t23-,26-,28-/m1/s1. The van der Waals surface area contributed by atoms with Gasteiger partial charge in [0.2, 0.25) is 0 Å². The Morgan fingerprint density at radius 2 is 1.68 bits per heavy atom. The molecular formula is C28H28O8S. The minimum absolute atomic E-state index is 0.106. The van der Waals surface area contributed by atoms with Crippen molar-refractivity contribution in [3.8, 4) is 11.5 Å². The van der Waals surface area contributed by atoms with Crippen molar-refractivity contribution in [3.05, 3.63) is 90.0 Å². The first kappa shape index (κ1) is 26.2. The lowest BCUT2D eigenvalue weighted by molar-refractivity contribution is -0.152. The first-order valence-electron chi connectivity index (χ1n) is 11.8. The van der Waals surface area contributed by atoms with Crippen LogP contribution in [0.2, 0.25) is 0 Å². The zero-order valence-electron chi connectivity index (χ0n) is 20.5. The van der Waals surface area contributed by atoms with Gasteiger partial charge in [-0.25, -0.2) is 8.42 Å². The van der Waals surface area contributed by atoms with Crippen LogP contribution in [0.1, 0.15) is 29.7 Å². The number of cyclic esters (lactones) is 1. The van der Waals surface area contributed by atoms with Gasteiger partial charge >= 0.3 is 11.9 Å². The predicted octanol–water partition coefficient (Wildman–Crippen LogP) is 4.28.